The van der Waals surface area contributed by atoms with Crippen molar-refractivity contribution < 1.29 is 0 Å². The van der Waals surface area contributed by atoms with Crippen LogP contribution in [0.2, 0.25) is 0 Å². The maximum Gasteiger partial charge on any atom is 0.0714 e. The van der Waals surface area contributed by atoms with E-state index in [1.165, 1.54) is 86.9 Å². The highest BCUT2D eigenvalue weighted by atomic mass is 32.1. The Morgan fingerprint density at radius 3 is 1.70 bits per heavy atom. The molecule has 0 amide bonds. The van der Waals surface area contributed by atoms with Gasteiger partial charge in [0.25, 0.3) is 0 Å². The van der Waals surface area contributed by atoms with Gasteiger partial charge in [0.2, 0.25) is 0 Å². The number of para-hydroxylation sites is 1. The van der Waals surface area contributed by atoms with Gasteiger partial charge in [-0.15, -0.1) is 11.3 Å². The minimum Gasteiger partial charge on any atom is -0.310 e. The maximum absolute atomic E-state index is 2.52. The SMILES string of the molecule is CC1(C)c2ccccc2-c2c(-c3ccccc3N(c3ccc4c(c3)C(c3ccccc3)(c3ccccc3)c3ccccc3-4)c3ccc4sc5ccccc5c4c3)cccc21. The van der Waals surface area contributed by atoms with Crippen molar-refractivity contribution in [3.8, 4) is 33.4 Å². The van der Waals surface area contributed by atoms with Gasteiger partial charge in [0, 0.05) is 42.5 Å². The Balaban J connectivity index is 1.16. The summed E-state index contributed by atoms with van der Waals surface area (Å²) in [7, 11) is 0. The summed E-state index contributed by atoms with van der Waals surface area (Å²) >= 11 is 1.87. The molecule has 9 aromatic carbocycles. The Hall–Kier alpha value is -7.00. The molecule has 12 rings (SSSR count). The van der Waals surface area contributed by atoms with Crippen molar-refractivity contribution in [1.29, 1.82) is 0 Å². The number of benzene rings is 9. The van der Waals surface area contributed by atoms with Crippen LogP contribution in [-0.4, -0.2) is 0 Å². The van der Waals surface area contributed by atoms with Gasteiger partial charge in [-0.3, -0.25) is 0 Å². The lowest BCUT2D eigenvalue weighted by Gasteiger charge is -2.35. The zero-order valence-corrected chi connectivity index (χ0v) is 34.4. The molecule has 0 fully saturated rings. The maximum atomic E-state index is 2.52. The van der Waals surface area contributed by atoms with Crippen molar-refractivity contribution in [2.45, 2.75) is 24.7 Å². The van der Waals surface area contributed by atoms with Crippen molar-refractivity contribution in [1.82, 2.24) is 0 Å². The van der Waals surface area contributed by atoms with Gasteiger partial charge in [0.1, 0.15) is 0 Å². The first-order valence-electron chi connectivity index (χ1n) is 20.9. The van der Waals surface area contributed by atoms with Gasteiger partial charge >= 0.3 is 0 Å². The summed E-state index contributed by atoms with van der Waals surface area (Å²) in [6.07, 6.45) is 0. The first kappa shape index (κ1) is 35.0. The summed E-state index contributed by atoms with van der Waals surface area (Å²) in [5.41, 5.74) is 18.3. The molecule has 0 unspecified atom stereocenters. The van der Waals surface area contributed by atoms with E-state index in [4.69, 9.17) is 0 Å². The van der Waals surface area contributed by atoms with Crippen LogP contribution >= 0.6 is 11.3 Å². The smallest absolute Gasteiger partial charge is 0.0714 e. The van der Waals surface area contributed by atoms with Gasteiger partial charge in [-0.25, -0.2) is 0 Å². The molecule has 0 aliphatic heterocycles. The summed E-state index contributed by atoms with van der Waals surface area (Å²) in [5.74, 6) is 0. The highest BCUT2D eigenvalue weighted by Gasteiger charge is 2.46. The minimum atomic E-state index is -0.515. The zero-order chi connectivity index (χ0) is 40.0. The van der Waals surface area contributed by atoms with Crippen LogP contribution in [0.15, 0.2) is 212 Å². The summed E-state index contributed by atoms with van der Waals surface area (Å²) in [5, 5.41) is 2.58. The summed E-state index contributed by atoms with van der Waals surface area (Å²) in [4.78, 5) is 2.52. The van der Waals surface area contributed by atoms with Crippen LogP contribution in [0.3, 0.4) is 0 Å². The molecule has 0 bridgehead atoms. The highest BCUT2D eigenvalue weighted by Crippen LogP contribution is 2.58. The van der Waals surface area contributed by atoms with E-state index in [-0.39, 0.29) is 5.41 Å². The van der Waals surface area contributed by atoms with Crippen LogP contribution in [0.1, 0.15) is 47.2 Å². The Morgan fingerprint density at radius 2 is 0.917 bits per heavy atom. The molecule has 0 radical (unpaired) electrons. The molecule has 1 aromatic heterocycles. The molecule has 284 valence electrons. The number of anilines is 3. The monoisotopic (exact) mass is 783 g/mol. The van der Waals surface area contributed by atoms with Crippen LogP contribution < -0.4 is 4.90 Å². The Morgan fingerprint density at radius 1 is 0.367 bits per heavy atom. The van der Waals surface area contributed by atoms with Gasteiger partial charge in [0.05, 0.1) is 11.1 Å². The Kier molecular flexibility index (Phi) is 7.73. The van der Waals surface area contributed by atoms with Crippen molar-refractivity contribution in [2.24, 2.45) is 0 Å². The molecule has 0 N–H and O–H groups in total. The van der Waals surface area contributed by atoms with E-state index in [9.17, 15) is 0 Å². The number of thiophene rings is 1. The van der Waals surface area contributed by atoms with Gasteiger partial charge in [0.15, 0.2) is 0 Å². The molecule has 1 heterocycles. The third kappa shape index (κ3) is 4.92. The molecule has 1 nitrogen and oxygen atoms in total. The van der Waals surface area contributed by atoms with Gasteiger partial charge < -0.3 is 4.90 Å². The number of nitrogens with zero attached hydrogens (tertiary/aromatic N) is 1. The molecule has 0 atom stereocenters. The molecule has 10 aromatic rings. The summed E-state index contributed by atoms with van der Waals surface area (Å²) in [6.45, 7) is 4.74. The fourth-order valence-corrected chi connectivity index (χ4v) is 11.8. The van der Waals surface area contributed by atoms with E-state index in [2.05, 4.69) is 231 Å². The first-order chi connectivity index (χ1) is 29.5. The van der Waals surface area contributed by atoms with Crippen LogP contribution in [0.4, 0.5) is 17.1 Å². The largest absolute Gasteiger partial charge is 0.310 e. The fraction of sp³-hybridized carbons (Fsp3) is 0.0690. The molecule has 0 saturated carbocycles. The average molecular weight is 784 g/mol. The quantitative estimate of drug-likeness (QED) is 0.162. The van der Waals surface area contributed by atoms with Crippen molar-refractivity contribution in [3.63, 3.8) is 0 Å². The standard InChI is InChI=1S/C58H41NS/c1-57(2)49-27-13-10-25-47(49)56-46(26-17-29-51(56)57)44-23-11-15-30-53(44)59(40-33-35-55-48(36-40)45-24-12-16-31-54(45)60-55)41-32-34-43-42-22-9-14-28-50(42)58(52(43)37-41,38-18-5-3-6-19-38)39-20-7-4-8-21-39/h3-37H,1-2H3. The van der Waals surface area contributed by atoms with E-state index in [0.717, 1.165) is 17.1 Å². The molecule has 2 aliphatic rings. The van der Waals surface area contributed by atoms with Gasteiger partial charge in [-0.1, -0.05) is 184 Å². The van der Waals surface area contributed by atoms with Crippen LogP contribution in [0.5, 0.6) is 0 Å². The Bertz CT molecular complexity index is 3260. The van der Waals surface area contributed by atoms with E-state index in [1.807, 2.05) is 11.3 Å². The van der Waals surface area contributed by atoms with Gasteiger partial charge in [-0.05, 0) is 104 Å². The fourth-order valence-electron chi connectivity index (χ4n) is 10.7. The van der Waals surface area contributed by atoms with Crippen molar-refractivity contribution in [2.75, 3.05) is 4.90 Å². The number of fused-ring (bicyclic) bond motifs is 9. The lowest BCUT2D eigenvalue weighted by atomic mass is 9.67. The third-order valence-electron chi connectivity index (χ3n) is 13.4. The molecule has 0 spiro atoms. The molecular weight excluding hydrogens is 743 g/mol. The third-order valence-corrected chi connectivity index (χ3v) is 14.5. The van der Waals surface area contributed by atoms with Crippen LogP contribution in [0, 0.1) is 0 Å². The van der Waals surface area contributed by atoms with Gasteiger partial charge in [-0.2, -0.15) is 0 Å². The zero-order valence-electron chi connectivity index (χ0n) is 33.6. The predicted molar refractivity (Wildman–Crippen MR) is 254 cm³/mol. The van der Waals surface area contributed by atoms with Crippen LogP contribution in [0.25, 0.3) is 53.6 Å². The number of hydrogen-bond donors (Lipinski definition) is 0. The highest BCUT2D eigenvalue weighted by molar-refractivity contribution is 7.25. The Labute approximate surface area is 355 Å². The van der Waals surface area contributed by atoms with Crippen molar-refractivity contribution >= 4 is 48.6 Å². The normalized spacial score (nSPS) is 14.1. The molecule has 2 aliphatic carbocycles. The molecular formula is C58H41NS. The van der Waals surface area contributed by atoms with Crippen LogP contribution in [-0.2, 0) is 10.8 Å². The van der Waals surface area contributed by atoms with Crippen molar-refractivity contribution in [3.05, 3.63) is 246 Å². The molecule has 2 heteroatoms. The summed E-state index contributed by atoms with van der Waals surface area (Å²) < 4.78 is 2.60. The predicted octanol–water partition coefficient (Wildman–Crippen LogP) is 15.9. The average Bonchev–Trinajstić information content (AvgIpc) is 3.91. The van der Waals surface area contributed by atoms with E-state index in [1.54, 1.807) is 0 Å². The lowest BCUT2D eigenvalue weighted by molar-refractivity contribution is 0.660. The summed E-state index contributed by atoms with van der Waals surface area (Å²) in [6, 6.07) is 79.3. The molecule has 60 heavy (non-hydrogen) atoms. The van der Waals surface area contributed by atoms with E-state index >= 15 is 0 Å². The second-order valence-electron chi connectivity index (χ2n) is 16.8. The van der Waals surface area contributed by atoms with E-state index < -0.39 is 5.41 Å². The number of rotatable bonds is 6. The topological polar surface area (TPSA) is 3.24 Å². The second kappa shape index (κ2) is 13.3. The lowest BCUT2D eigenvalue weighted by Crippen LogP contribution is -2.28. The number of hydrogen-bond acceptors (Lipinski definition) is 2. The first-order valence-corrected chi connectivity index (χ1v) is 21.7. The van der Waals surface area contributed by atoms with E-state index in [0.29, 0.717) is 0 Å². The second-order valence-corrected chi connectivity index (χ2v) is 17.9. The molecule has 0 saturated heterocycles. The minimum absolute atomic E-state index is 0.102.